The Hall–Kier alpha value is -2.51. The van der Waals surface area contributed by atoms with E-state index in [1.54, 1.807) is 0 Å². The van der Waals surface area contributed by atoms with Crippen LogP contribution in [0.25, 0.3) is 5.78 Å². The number of carboxylic acids is 1. The number of aryl methyl sites for hydroxylation is 2. The molecule has 24 heavy (non-hydrogen) atoms. The molecule has 1 aliphatic carbocycles. The van der Waals surface area contributed by atoms with Gasteiger partial charge in [0.05, 0.1) is 0 Å². The van der Waals surface area contributed by atoms with E-state index in [9.17, 15) is 14.7 Å². The Labute approximate surface area is 139 Å². The molecular weight excluding hydrogens is 310 g/mol. The van der Waals surface area contributed by atoms with E-state index >= 15 is 0 Å². The van der Waals surface area contributed by atoms with E-state index in [0.29, 0.717) is 24.5 Å². The van der Waals surface area contributed by atoms with Crippen LogP contribution in [-0.4, -0.2) is 42.1 Å². The summed E-state index contributed by atoms with van der Waals surface area (Å²) in [6.45, 7) is 5.78. The first-order chi connectivity index (χ1) is 11.3. The lowest BCUT2D eigenvalue weighted by atomic mass is 9.77. The van der Waals surface area contributed by atoms with Gasteiger partial charge in [0, 0.05) is 11.4 Å². The zero-order valence-corrected chi connectivity index (χ0v) is 14.0. The molecule has 0 saturated heterocycles. The number of hydrogen-bond acceptors (Lipinski definition) is 5. The topological polar surface area (TPSA) is 109 Å². The lowest BCUT2D eigenvalue weighted by Gasteiger charge is -2.36. The zero-order chi connectivity index (χ0) is 17.5. The van der Waals surface area contributed by atoms with E-state index in [-0.39, 0.29) is 5.82 Å². The van der Waals surface area contributed by atoms with Crippen molar-refractivity contribution in [2.24, 2.45) is 5.92 Å². The lowest BCUT2D eigenvalue weighted by Crippen LogP contribution is -2.56. The fourth-order valence-corrected chi connectivity index (χ4v) is 3.18. The summed E-state index contributed by atoms with van der Waals surface area (Å²) in [7, 11) is 0. The summed E-state index contributed by atoms with van der Waals surface area (Å²) in [5.41, 5.74) is 0.352. The summed E-state index contributed by atoms with van der Waals surface area (Å²) in [5, 5.41) is 16.4. The van der Waals surface area contributed by atoms with Crippen LogP contribution in [-0.2, 0) is 4.79 Å². The Morgan fingerprint density at radius 2 is 1.96 bits per heavy atom. The van der Waals surface area contributed by atoms with E-state index in [1.807, 2.05) is 19.9 Å². The molecule has 2 aromatic heterocycles. The lowest BCUT2D eigenvalue weighted by molar-refractivity contribution is -0.146. The third kappa shape index (κ3) is 2.83. The smallest absolute Gasteiger partial charge is 0.329 e. The number of nitrogens with one attached hydrogen (secondary N) is 1. The van der Waals surface area contributed by atoms with Crippen LogP contribution in [0, 0.1) is 19.8 Å². The molecule has 1 amide bonds. The van der Waals surface area contributed by atoms with Gasteiger partial charge in [0.15, 0.2) is 0 Å². The summed E-state index contributed by atoms with van der Waals surface area (Å²) < 4.78 is 1.48. The summed E-state index contributed by atoms with van der Waals surface area (Å²) in [4.78, 5) is 32.7. The molecule has 2 N–H and O–H groups in total. The first-order valence-electron chi connectivity index (χ1n) is 8.08. The second kappa shape index (κ2) is 5.85. The number of aromatic nitrogens is 4. The number of carbonyl (C=O) groups is 2. The first-order valence-corrected chi connectivity index (χ1v) is 8.08. The van der Waals surface area contributed by atoms with Gasteiger partial charge >= 0.3 is 5.97 Å². The molecular formula is C16H21N5O3. The van der Waals surface area contributed by atoms with Crippen LogP contribution in [0.15, 0.2) is 6.07 Å². The molecule has 0 atom stereocenters. The molecule has 1 saturated carbocycles. The zero-order valence-electron chi connectivity index (χ0n) is 14.0. The van der Waals surface area contributed by atoms with Crippen LogP contribution in [0.1, 0.15) is 54.6 Å². The van der Waals surface area contributed by atoms with Crippen LogP contribution in [0.3, 0.4) is 0 Å². The molecule has 128 valence electrons. The molecule has 0 aromatic carbocycles. The minimum absolute atomic E-state index is 0.0598. The minimum atomic E-state index is -1.24. The van der Waals surface area contributed by atoms with Crippen LogP contribution in [0.5, 0.6) is 0 Å². The van der Waals surface area contributed by atoms with Gasteiger partial charge in [-0.2, -0.15) is 4.98 Å². The van der Waals surface area contributed by atoms with Crippen molar-refractivity contribution < 1.29 is 14.7 Å². The predicted molar refractivity (Wildman–Crippen MR) is 85.7 cm³/mol. The Bertz CT molecular complexity index is 805. The van der Waals surface area contributed by atoms with E-state index in [2.05, 4.69) is 27.3 Å². The maximum Gasteiger partial charge on any atom is 0.329 e. The third-order valence-corrected chi connectivity index (χ3v) is 4.71. The van der Waals surface area contributed by atoms with Crippen LogP contribution >= 0.6 is 0 Å². The monoisotopic (exact) mass is 331 g/mol. The SMILES string of the molecule is Cc1cc(C)n2nc(C(=O)NC3(C(=O)O)CCC(C)CC3)nc2n1. The van der Waals surface area contributed by atoms with Crippen molar-refractivity contribution in [2.45, 2.75) is 52.0 Å². The van der Waals surface area contributed by atoms with E-state index in [4.69, 9.17) is 0 Å². The number of nitrogens with zero attached hydrogens (tertiary/aromatic N) is 4. The standard InChI is InChI=1S/C16H21N5O3/c1-9-4-6-16(7-5-9,14(23)24)19-13(22)12-18-15-17-10(2)8-11(3)21(15)20-12/h8-9H,4-7H2,1-3H3,(H,19,22)(H,23,24). The van der Waals surface area contributed by atoms with Gasteiger partial charge in [0.2, 0.25) is 5.82 Å². The van der Waals surface area contributed by atoms with E-state index < -0.39 is 17.4 Å². The molecule has 0 spiro atoms. The maximum absolute atomic E-state index is 12.5. The molecule has 0 aliphatic heterocycles. The number of aliphatic carboxylic acids is 1. The Kier molecular flexibility index (Phi) is 3.98. The van der Waals surface area contributed by atoms with E-state index in [0.717, 1.165) is 24.2 Å². The van der Waals surface area contributed by atoms with Crippen LogP contribution in [0.4, 0.5) is 0 Å². The molecule has 8 heteroatoms. The minimum Gasteiger partial charge on any atom is -0.480 e. The molecule has 2 heterocycles. The fraction of sp³-hybridized carbons (Fsp3) is 0.562. The largest absolute Gasteiger partial charge is 0.480 e. The van der Waals surface area contributed by atoms with Gasteiger partial charge in [0.25, 0.3) is 11.7 Å². The Balaban J connectivity index is 1.88. The third-order valence-electron chi connectivity index (χ3n) is 4.71. The van der Waals surface area contributed by atoms with Crippen LogP contribution in [0.2, 0.25) is 0 Å². The number of amides is 1. The molecule has 1 aliphatic rings. The molecule has 3 rings (SSSR count). The number of fused-ring (bicyclic) bond motifs is 1. The highest BCUT2D eigenvalue weighted by Crippen LogP contribution is 2.32. The van der Waals surface area contributed by atoms with Gasteiger partial charge in [-0.15, -0.1) is 5.10 Å². The van der Waals surface area contributed by atoms with Crippen molar-refractivity contribution in [1.29, 1.82) is 0 Å². The number of rotatable bonds is 3. The van der Waals surface area contributed by atoms with Gasteiger partial charge in [-0.05, 0) is 51.5 Å². The van der Waals surface area contributed by atoms with Gasteiger partial charge in [-0.25, -0.2) is 14.3 Å². The predicted octanol–water partition coefficient (Wildman–Crippen LogP) is 1.50. The number of carboxylic acid groups (broad SMARTS) is 1. The molecule has 8 nitrogen and oxygen atoms in total. The van der Waals surface area contributed by atoms with Crippen molar-refractivity contribution >= 4 is 17.7 Å². The number of hydrogen-bond donors (Lipinski definition) is 2. The normalized spacial score (nSPS) is 24.0. The van der Waals surface area contributed by atoms with Gasteiger partial charge in [0.1, 0.15) is 5.54 Å². The molecule has 1 fully saturated rings. The van der Waals surface area contributed by atoms with Crippen molar-refractivity contribution in [3.8, 4) is 0 Å². The Morgan fingerprint density at radius 1 is 1.29 bits per heavy atom. The molecule has 0 unspecified atom stereocenters. The van der Waals surface area contributed by atoms with Crippen LogP contribution < -0.4 is 5.32 Å². The van der Waals surface area contributed by atoms with Gasteiger partial charge < -0.3 is 10.4 Å². The highest BCUT2D eigenvalue weighted by molar-refractivity contribution is 5.95. The summed E-state index contributed by atoms with van der Waals surface area (Å²) in [6, 6.07) is 1.84. The molecule has 2 aromatic rings. The average molecular weight is 331 g/mol. The first kappa shape index (κ1) is 16.4. The van der Waals surface area contributed by atoms with Crippen molar-refractivity contribution in [1.82, 2.24) is 24.9 Å². The summed E-state index contributed by atoms with van der Waals surface area (Å²) >= 11 is 0. The Morgan fingerprint density at radius 3 is 2.58 bits per heavy atom. The second-order valence-corrected chi connectivity index (χ2v) is 6.71. The van der Waals surface area contributed by atoms with Gasteiger partial charge in [-0.3, -0.25) is 4.79 Å². The van der Waals surface area contributed by atoms with Gasteiger partial charge in [-0.1, -0.05) is 6.92 Å². The van der Waals surface area contributed by atoms with E-state index in [1.165, 1.54) is 4.52 Å². The summed E-state index contributed by atoms with van der Waals surface area (Å²) in [5.74, 6) is -0.835. The highest BCUT2D eigenvalue weighted by atomic mass is 16.4. The fourth-order valence-electron chi connectivity index (χ4n) is 3.18. The second-order valence-electron chi connectivity index (χ2n) is 6.71. The quantitative estimate of drug-likeness (QED) is 0.882. The summed E-state index contributed by atoms with van der Waals surface area (Å²) in [6.07, 6.45) is 2.37. The molecule has 0 radical (unpaired) electrons. The molecule has 0 bridgehead atoms. The van der Waals surface area contributed by atoms with Crippen molar-refractivity contribution in [2.75, 3.05) is 0 Å². The van der Waals surface area contributed by atoms with Crippen molar-refractivity contribution in [3.05, 3.63) is 23.3 Å². The average Bonchev–Trinajstić information content (AvgIpc) is 2.94. The van der Waals surface area contributed by atoms with Crippen molar-refractivity contribution in [3.63, 3.8) is 0 Å². The highest BCUT2D eigenvalue weighted by Gasteiger charge is 2.43. The number of carbonyl (C=O) groups excluding carboxylic acids is 1. The maximum atomic E-state index is 12.5.